The molecule has 0 aromatic heterocycles. The summed E-state index contributed by atoms with van der Waals surface area (Å²) in [6.07, 6.45) is 0. The maximum absolute atomic E-state index is 10.6. The smallest absolute Gasteiger partial charge is 0.338 e. The summed E-state index contributed by atoms with van der Waals surface area (Å²) in [7, 11) is 0. The van der Waals surface area contributed by atoms with Crippen molar-refractivity contribution in [2.45, 2.75) is 0 Å². The van der Waals surface area contributed by atoms with Gasteiger partial charge < -0.3 is 20.4 Å². The summed E-state index contributed by atoms with van der Waals surface area (Å²) >= 11 is 33.5. The molecule has 0 saturated heterocycles. The minimum atomic E-state index is -1.19. The molecule has 0 amide bonds. The predicted molar refractivity (Wildman–Crippen MR) is 119 cm³/mol. The fraction of sp³-hybridized carbons (Fsp3) is 0.111. The van der Waals surface area contributed by atoms with Crippen LogP contribution in [0.25, 0.3) is 0 Å². The Labute approximate surface area is 201 Å². The van der Waals surface area contributed by atoms with Gasteiger partial charge in [-0.2, -0.15) is 0 Å². The van der Waals surface area contributed by atoms with Crippen molar-refractivity contribution >= 4 is 81.5 Å². The molecule has 6 nitrogen and oxygen atoms in total. The lowest BCUT2D eigenvalue weighted by atomic mass is 10.2. The summed E-state index contributed by atoms with van der Waals surface area (Å²) in [5.41, 5.74) is -0.323. The van der Waals surface area contributed by atoms with Crippen LogP contribution in [0.4, 0.5) is 0 Å². The third-order valence-electron chi connectivity index (χ3n) is 2.80. The molecule has 2 rings (SSSR count). The van der Waals surface area contributed by atoms with Gasteiger partial charge >= 0.3 is 11.9 Å². The van der Waals surface area contributed by atoms with Gasteiger partial charge in [-0.15, -0.1) is 0 Å². The van der Waals surface area contributed by atoms with Crippen LogP contribution in [0.5, 0.6) is 0 Å². The Hall–Kier alpha value is -1.40. The molecule has 30 heavy (non-hydrogen) atoms. The topological polar surface area (TPSA) is 115 Å². The molecule has 12 heteroatoms. The fourth-order valence-corrected chi connectivity index (χ4v) is 2.94. The van der Waals surface area contributed by atoms with Gasteiger partial charge in [0.1, 0.15) is 13.2 Å². The Morgan fingerprint density at radius 3 is 1.10 bits per heavy atom. The van der Waals surface area contributed by atoms with E-state index in [9.17, 15) is 9.59 Å². The average Bonchev–Trinajstić information content (AvgIpc) is 2.67. The second-order valence-corrected chi connectivity index (χ2v) is 7.10. The van der Waals surface area contributed by atoms with Gasteiger partial charge in [-0.25, -0.2) is 9.59 Å². The first kappa shape index (κ1) is 28.6. The maximum Gasteiger partial charge on any atom is 0.338 e. The molecule has 0 heterocycles. The molecule has 0 aliphatic rings. The quantitative estimate of drug-likeness (QED) is 0.290. The highest BCUT2D eigenvalue weighted by molar-refractivity contribution is 6.46. The van der Waals surface area contributed by atoms with Crippen molar-refractivity contribution < 1.29 is 30.0 Å². The standard InChI is InChI=1S/2C7H3Cl3O2.C4H6O2/c2*8-3-1-2-4(9)6(10)5(3)7(11)12;5-3-1-2-4-6/h2*1-2H,(H,11,12);5-6H,3-4H2. The molecule has 0 aliphatic carbocycles. The summed E-state index contributed by atoms with van der Waals surface area (Å²) < 4.78 is 0. The molecule has 0 fully saturated rings. The normalized spacial score (nSPS) is 9.20. The molecule has 2 aromatic carbocycles. The van der Waals surface area contributed by atoms with E-state index >= 15 is 0 Å². The lowest BCUT2D eigenvalue weighted by Crippen LogP contribution is -1.98. The number of carboxylic acids is 2. The van der Waals surface area contributed by atoms with Crippen LogP contribution in [0.15, 0.2) is 24.3 Å². The third kappa shape index (κ3) is 9.17. The Kier molecular flexibility index (Phi) is 13.9. The molecule has 0 spiro atoms. The molecular formula is C18H12Cl6O6. The highest BCUT2D eigenvalue weighted by Gasteiger charge is 2.16. The SMILES string of the molecule is O=C(O)c1c(Cl)ccc(Cl)c1Cl.O=C(O)c1c(Cl)ccc(Cl)c1Cl.OCC#CCO. The molecule has 0 unspecified atom stereocenters. The van der Waals surface area contributed by atoms with Crippen LogP contribution in [0, 0.1) is 11.8 Å². The molecule has 162 valence electrons. The van der Waals surface area contributed by atoms with Crippen molar-refractivity contribution in [3.8, 4) is 11.8 Å². The predicted octanol–water partition coefficient (Wildman–Crippen LogP) is 5.66. The van der Waals surface area contributed by atoms with Gasteiger partial charge in [0.05, 0.1) is 41.3 Å². The van der Waals surface area contributed by atoms with Crippen LogP contribution in [0.3, 0.4) is 0 Å². The number of carboxylic acid groups (broad SMARTS) is 2. The fourth-order valence-electron chi connectivity index (χ4n) is 1.56. The van der Waals surface area contributed by atoms with E-state index in [2.05, 4.69) is 11.8 Å². The minimum absolute atomic E-state index is 0.0309. The van der Waals surface area contributed by atoms with Gasteiger partial charge in [0, 0.05) is 0 Å². The van der Waals surface area contributed by atoms with Crippen LogP contribution >= 0.6 is 69.6 Å². The molecule has 0 saturated carbocycles. The van der Waals surface area contributed by atoms with E-state index in [1.807, 2.05) is 0 Å². The van der Waals surface area contributed by atoms with E-state index in [4.69, 9.17) is 90.0 Å². The number of halogens is 6. The lowest BCUT2D eigenvalue weighted by Gasteiger charge is -2.02. The minimum Gasteiger partial charge on any atom is -0.478 e. The van der Waals surface area contributed by atoms with Crippen LogP contribution in [0.2, 0.25) is 30.1 Å². The number of aliphatic hydroxyl groups excluding tert-OH is 2. The monoisotopic (exact) mass is 534 g/mol. The molecule has 0 atom stereocenters. The van der Waals surface area contributed by atoms with Gasteiger partial charge in [0.25, 0.3) is 0 Å². The second-order valence-electron chi connectivity index (χ2n) is 4.72. The molecule has 2 aromatic rings. The largest absolute Gasteiger partial charge is 0.478 e. The van der Waals surface area contributed by atoms with Crippen molar-refractivity contribution in [3.63, 3.8) is 0 Å². The summed E-state index contributed by atoms with van der Waals surface area (Å²) in [6.45, 7) is -0.332. The van der Waals surface area contributed by atoms with Gasteiger partial charge in [-0.05, 0) is 24.3 Å². The van der Waals surface area contributed by atoms with E-state index in [0.29, 0.717) is 0 Å². The highest BCUT2D eigenvalue weighted by atomic mass is 35.5. The van der Waals surface area contributed by atoms with Crippen molar-refractivity contribution in [2.75, 3.05) is 13.2 Å². The summed E-state index contributed by atoms with van der Waals surface area (Å²) in [5.74, 6) is 2.13. The van der Waals surface area contributed by atoms with Crippen LogP contribution < -0.4 is 0 Å². The Morgan fingerprint density at radius 1 is 0.633 bits per heavy atom. The number of rotatable bonds is 2. The van der Waals surface area contributed by atoms with Crippen molar-refractivity contribution in [2.24, 2.45) is 0 Å². The first-order chi connectivity index (χ1) is 14.0. The molecule has 0 aliphatic heterocycles. The van der Waals surface area contributed by atoms with Gasteiger partial charge in [0.2, 0.25) is 0 Å². The van der Waals surface area contributed by atoms with Crippen LogP contribution in [-0.2, 0) is 0 Å². The van der Waals surface area contributed by atoms with E-state index in [1.54, 1.807) is 0 Å². The molecular weight excluding hydrogens is 525 g/mol. The zero-order chi connectivity index (χ0) is 23.4. The summed E-state index contributed by atoms with van der Waals surface area (Å²) in [4.78, 5) is 21.1. The number of hydrogen-bond acceptors (Lipinski definition) is 4. The summed E-state index contributed by atoms with van der Waals surface area (Å²) in [6, 6.07) is 5.66. The van der Waals surface area contributed by atoms with Crippen LogP contribution in [0.1, 0.15) is 20.7 Å². The molecule has 4 N–H and O–H groups in total. The van der Waals surface area contributed by atoms with Gasteiger partial charge in [-0.1, -0.05) is 81.4 Å². The lowest BCUT2D eigenvalue weighted by molar-refractivity contribution is 0.0686. The van der Waals surface area contributed by atoms with Crippen molar-refractivity contribution in [1.82, 2.24) is 0 Å². The Morgan fingerprint density at radius 2 is 0.900 bits per heavy atom. The number of benzene rings is 2. The Balaban J connectivity index is 0.000000447. The number of hydrogen-bond donors (Lipinski definition) is 4. The first-order valence-corrected chi connectivity index (χ1v) is 9.67. The van der Waals surface area contributed by atoms with Crippen LogP contribution in [-0.4, -0.2) is 45.6 Å². The zero-order valence-corrected chi connectivity index (χ0v) is 19.1. The molecule has 0 radical (unpaired) electrons. The van der Waals surface area contributed by atoms with Crippen molar-refractivity contribution in [3.05, 3.63) is 65.5 Å². The van der Waals surface area contributed by atoms with Gasteiger partial charge in [-0.3, -0.25) is 0 Å². The number of carbonyl (C=O) groups is 2. The van der Waals surface area contributed by atoms with E-state index in [0.717, 1.165) is 0 Å². The van der Waals surface area contributed by atoms with E-state index < -0.39 is 11.9 Å². The van der Waals surface area contributed by atoms with E-state index in [-0.39, 0.29) is 54.5 Å². The van der Waals surface area contributed by atoms with E-state index in [1.165, 1.54) is 24.3 Å². The summed E-state index contributed by atoms with van der Waals surface area (Å²) in [5, 5.41) is 33.6. The van der Waals surface area contributed by atoms with Gasteiger partial charge in [0.15, 0.2) is 0 Å². The maximum atomic E-state index is 10.6. The Bertz CT molecular complexity index is 892. The second kappa shape index (κ2) is 14.6. The number of aliphatic hydroxyl groups is 2. The molecule has 0 bridgehead atoms. The highest BCUT2D eigenvalue weighted by Crippen LogP contribution is 2.32. The third-order valence-corrected chi connectivity index (χ3v) is 5.04. The van der Waals surface area contributed by atoms with Crippen molar-refractivity contribution in [1.29, 1.82) is 0 Å². The average molecular weight is 537 g/mol. The zero-order valence-electron chi connectivity index (χ0n) is 14.6. The number of aromatic carboxylic acids is 2. The first-order valence-electron chi connectivity index (χ1n) is 7.40.